The fourth-order valence-corrected chi connectivity index (χ4v) is 6.68. The van der Waals surface area contributed by atoms with Gasteiger partial charge in [0, 0.05) is 61.2 Å². The Morgan fingerprint density at radius 2 is 1.82 bits per heavy atom. The van der Waals surface area contributed by atoms with Crippen molar-refractivity contribution in [3.8, 4) is 21.9 Å². The number of ether oxygens (including phenoxy) is 2. The van der Waals surface area contributed by atoms with Gasteiger partial charge in [0.1, 0.15) is 5.75 Å². The molecule has 2 aliphatic carbocycles. The van der Waals surface area contributed by atoms with Gasteiger partial charge in [0.05, 0.1) is 16.8 Å². The molecule has 9 nitrogen and oxygen atoms in total. The molecule has 0 atom stereocenters. The highest BCUT2D eigenvalue weighted by Crippen LogP contribution is 2.40. The molecule has 2 fully saturated rings. The smallest absolute Gasteiger partial charge is 0.319 e. The molecular formula is C33H36FN5O4S. The normalized spacial score (nSPS) is 15.0. The van der Waals surface area contributed by atoms with E-state index < -0.39 is 11.8 Å². The van der Waals surface area contributed by atoms with Gasteiger partial charge >= 0.3 is 12.1 Å². The molecule has 44 heavy (non-hydrogen) atoms. The summed E-state index contributed by atoms with van der Waals surface area (Å²) in [6.07, 6.45) is 7.73. The zero-order chi connectivity index (χ0) is 30.6. The number of urea groups is 2. The molecule has 2 aromatic carbocycles. The molecule has 3 N–H and O–H groups in total. The number of fused-ring (bicyclic) bond motifs is 1. The first-order chi connectivity index (χ1) is 21.4. The lowest BCUT2D eigenvalue weighted by Crippen LogP contribution is -2.44. The molecule has 0 bridgehead atoms. The molecule has 2 heterocycles. The summed E-state index contributed by atoms with van der Waals surface area (Å²) in [6.45, 7) is 1.46. The van der Waals surface area contributed by atoms with Gasteiger partial charge < -0.3 is 25.4 Å². The summed E-state index contributed by atoms with van der Waals surface area (Å²) in [4.78, 5) is 33.6. The first-order valence-corrected chi connectivity index (χ1v) is 15.8. The zero-order valence-electron chi connectivity index (χ0n) is 24.6. The van der Waals surface area contributed by atoms with Crippen LogP contribution in [0.5, 0.6) is 11.5 Å². The Balaban J connectivity index is 1.17. The maximum atomic E-state index is 15.1. The minimum absolute atomic E-state index is 0.0211. The Hall–Kier alpha value is -4.22. The van der Waals surface area contributed by atoms with Crippen LogP contribution in [0.4, 0.5) is 19.7 Å². The lowest BCUT2D eigenvalue weighted by atomic mass is 10.1. The summed E-state index contributed by atoms with van der Waals surface area (Å²) in [5, 5.41) is 3.18. The van der Waals surface area contributed by atoms with E-state index in [4.69, 9.17) is 15.2 Å². The molecule has 0 aliphatic heterocycles. The highest BCUT2D eigenvalue weighted by molar-refractivity contribution is 7.22. The summed E-state index contributed by atoms with van der Waals surface area (Å²) in [5.41, 5.74) is 8.71. The third-order valence-electron chi connectivity index (χ3n) is 8.09. The van der Waals surface area contributed by atoms with E-state index in [0.717, 1.165) is 64.7 Å². The zero-order valence-corrected chi connectivity index (χ0v) is 25.4. The Morgan fingerprint density at radius 1 is 1.05 bits per heavy atom. The number of aromatic nitrogens is 1. The average molecular weight is 618 g/mol. The van der Waals surface area contributed by atoms with Crippen LogP contribution >= 0.6 is 11.3 Å². The quantitative estimate of drug-likeness (QED) is 0.188. The van der Waals surface area contributed by atoms with Crippen LogP contribution < -0.4 is 20.7 Å². The number of halogens is 1. The van der Waals surface area contributed by atoms with Gasteiger partial charge in [-0.2, -0.15) is 0 Å². The number of benzene rings is 2. The molecule has 0 spiro atoms. The SMILES string of the molecule is COCCN(Cc1ccc(-c2cc3nccc(Oc4ccc(N(C(N)=O)C5CC5)cc4F)c3s2)cc1)C(=O)NC1CCCC1. The molecular weight excluding hydrogens is 581 g/mol. The molecule has 2 aromatic heterocycles. The number of methoxy groups -OCH3 is 1. The van der Waals surface area contributed by atoms with Gasteiger partial charge in [-0.1, -0.05) is 37.1 Å². The molecule has 230 valence electrons. The Kier molecular flexibility index (Phi) is 8.94. The lowest BCUT2D eigenvalue weighted by Gasteiger charge is -2.25. The Morgan fingerprint density at radius 3 is 2.50 bits per heavy atom. The van der Waals surface area contributed by atoms with Crippen LogP contribution in [0.2, 0.25) is 0 Å². The molecule has 0 unspecified atom stereocenters. The minimum Gasteiger partial charge on any atom is -0.453 e. The van der Waals surface area contributed by atoms with Gasteiger partial charge in [-0.15, -0.1) is 11.3 Å². The van der Waals surface area contributed by atoms with Gasteiger partial charge in [-0.25, -0.2) is 14.0 Å². The fraction of sp³-hybridized carbons (Fsp3) is 0.364. The largest absolute Gasteiger partial charge is 0.453 e. The van der Waals surface area contributed by atoms with E-state index in [2.05, 4.69) is 10.3 Å². The van der Waals surface area contributed by atoms with Gasteiger partial charge in [0.25, 0.3) is 0 Å². The molecule has 2 aliphatic rings. The van der Waals surface area contributed by atoms with Crippen molar-refractivity contribution in [2.24, 2.45) is 5.73 Å². The van der Waals surface area contributed by atoms with E-state index in [0.29, 0.717) is 31.1 Å². The van der Waals surface area contributed by atoms with Crippen molar-refractivity contribution < 1.29 is 23.5 Å². The van der Waals surface area contributed by atoms with Crippen LogP contribution in [0.1, 0.15) is 44.1 Å². The van der Waals surface area contributed by atoms with Gasteiger partial charge in [0.15, 0.2) is 11.6 Å². The van der Waals surface area contributed by atoms with Crippen molar-refractivity contribution in [3.63, 3.8) is 0 Å². The number of nitrogens with one attached hydrogen (secondary N) is 1. The third-order valence-corrected chi connectivity index (χ3v) is 9.27. The topological polar surface area (TPSA) is 110 Å². The number of amides is 4. The van der Waals surface area contributed by atoms with Gasteiger partial charge in [0.2, 0.25) is 0 Å². The molecule has 6 rings (SSSR count). The highest BCUT2D eigenvalue weighted by atomic mass is 32.1. The van der Waals surface area contributed by atoms with Crippen LogP contribution in [0.3, 0.4) is 0 Å². The van der Waals surface area contributed by atoms with Crippen LogP contribution in [0.15, 0.2) is 60.8 Å². The average Bonchev–Trinajstić information content (AvgIpc) is 3.51. The number of hydrogen-bond acceptors (Lipinski definition) is 6. The number of carbonyl (C=O) groups excluding carboxylic acids is 2. The van der Waals surface area contributed by atoms with Crippen LogP contribution in [0.25, 0.3) is 20.7 Å². The number of nitrogens with two attached hydrogens (primary N) is 1. The molecule has 4 aromatic rings. The van der Waals surface area contributed by atoms with Crippen molar-refractivity contribution in [2.75, 3.05) is 25.2 Å². The first kappa shape index (κ1) is 29.8. The predicted molar refractivity (Wildman–Crippen MR) is 170 cm³/mol. The standard InChI is InChI=1S/C33H36FN5O4S/c1-42-17-16-38(33(41)37-23-4-2-3-5-23)20-21-6-8-22(9-7-21)30-19-27-31(44-30)29(14-15-36-27)43-28-13-12-25(18-26(28)34)39(32(35)40)24-10-11-24/h6-9,12-15,18-19,23-24H,2-5,10-11,16-17,20H2,1H3,(H2,35,40)(H,37,41). The second-order valence-electron chi connectivity index (χ2n) is 11.3. The Labute approximate surface area is 259 Å². The van der Waals surface area contributed by atoms with Gasteiger partial charge in [-0.3, -0.25) is 9.88 Å². The van der Waals surface area contributed by atoms with Crippen LogP contribution in [0, 0.1) is 5.82 Å². The molecule has 4 amide bonds. The minimum atomic E-state index is -0.594. The van der Waals surface area contributed by atoms with Crippen molar-refractivity contribution in [1.82, 2.24) is 15.2 Å². The van der Waals surface area contributed by atoms with Crippen molar-refractivity contribution in [2.45, 2.75) is 57.2 Å². The van der Waals surface area contributed by atoms with E-state index in [1.54, 1.807) is 30.3 Å². The van der Waals surface area contributed by atoms with Crippen molar-refractivity contribution in [3.05, 3.63) is 72.2 Å². The summed E-state index contributed by atoms with van der Waals surface area (Å²) in [7, 11) is 1.64. The van der Waals surface area contributed by atoms with Crippen LogP contribution in [-0.4, -0.2) is 54.3 Å². The Bertz CT molecular complexity index is 1640. The van der Waals surface area contributed by atoms with E-state index >= 15 is 4.39 Å². The molecule has 0 saturated heterocycles. The van der Waals surface area contributed by atoms with E-state index in [9.17, 15) is 9.59 Å². The predicted octanol–water partition coefficient (Wildman–Crippen LogP) is 7.04. The van der Waals surface area contributed by atoms with Crippen LogP contribution in [-0.2, 0) is 11.3 Å². The van der Waals surface area contributed by atoms with Crippen molar-refractivity contribution in [1.29, 1.82) is 0 Å². The molecule has 2 saturated carbocycles. The van der Waals surface area contributed by atoms with E-state index in [1.807, 2.05) is 30.3 Å². The van der Waals surface area contributed by atoms with Crippen molar-refractivity contribution >= 4 is 39.3 Å². The number of primary amides is 1. The maximum absolute atomic E-state index is 15.1. The summed E-state index contributed by atoms with van der Waals surface area (Å²) < 4.78 is 27.2. The second kappa shape index (κ2) is 13.2. The second-order valence-corrected chi connectivity index (χ2v) is 12.4. The first-order valence-electron chi connectivity index (χ1n) is 15.0. The number of nitrogens with zero attached hydrogens (tertiary/aromatic N) is 3. The van der Waals surface area contributed by atoms with Gasteiger partial charge in [-0.05, 0) is 55.0 Å². The lowest BCUT2D eigenvalue weighted by molar-refractivity contribution is 0.144. The number of thiophene rings is 1. The van der Waals surface area contributed by atoms with E-state index in [1.165, 1.54) is 28.4 Å². The molecule has 0 radical (unpaired) electrons. The number of hydrogen-bond donors (Lipinski definition) is 2. The van der Waals surface area contributed by atoms with E-state index in [-0.39, 0.29) is 23.9 Å². The summed E-state index contributed by atoms with van der Waals surface area (Å²) in [5.74, 6) is -0.0375. The fourth-order valence-electron chi connectivity index (χ4n) is 5.61. The highest BCUT2D eigenvalue weighted by Gasteiger charge is 2.33. The summed E-state index contributed by atoms with van der Waals surface area (Å²) >= 11 is 1.51. The molecule has 11 heteroatoms. The number of pyridine rings is 1. The monoisotopic (exact) mass is 617 g/mol. The maximum Gasteiger partial charge on any atom is 0.319 e. The summed E-state index contributed by atoms with van der Waals surface area (Å²) in [6, 6.07) is 15.9. The number of anilines is 1. The third kappa shape index (κ3) is 6.79. The number of rotatable bonds is 11. The number of carbonyl (C=O) groups is 2.